The number of nitrogens with one attached hydrogen (secondary N) is 1. The number of carboxylic acid groups (broad SMARTS) is 1. The fraction of sp³-hybridized carbons (Fsp3) is 0.316. The number of aliphatic carboxylic acids is 1. The van der Waals surface area contributed by atoms with Crippen LogP contribution in [0.1, 0.15) is 31.4 Å². The molecule has 0 heterocycles. The Labute approximate surface area is 161 Å². The molecule has 2 aromatic rings. The highest BCUT2D eigenvalue weighted by atomic mass is 35.5. The second kappa shape index (κ2) is 9.10. The van der Waals surface area contributed by atoms with Gasteiger partial charge >= 0.3 is 5.97 Å². The number of hydrogen-bond acceptors (Lipinski definition) is 3. The first-order valence-corrected chi connectivity index (χ1v) is 8.90. The molecular formula is C19H20Cl2FNO3. The van der Waals surface area contributed by atoms with E-state index >= 15 is 0 Å². The fourth-order valence-corrected chi connectivity index (χ4v) is 3.05. The molecule has 0 unspecified atom stereocenters. The molecule has 26 heavy (non-hydrogen) atoms. The van der Waals surface area contributed by atoms with Gasteiger partial charge in [-0.1, -0.05) is 35.3 Å². The van der Waals surface area contributed by atoms with Crippen molar-refractivity contribution in [1.82, 2.24) is 0 Å². The van der Waals surface area contributed by atoms with Gasteiger partial charge in [0.15, 0.2) is 11.6 Å². The molecule has 2 N–H and O–H groups in total. The largest absolute Gasteiger partial charge is 0.486 e. The van der Waals surface area contributed by atoms with E-state index < -0.39 is 5.97 Å². The minimum absolute atomic E-state index is 0.0201. The van der Waals surface area contributed by atoms with Gasteiger partial charge in [0.2, 0.25) is 0 Å². The van der Waals surface area contributed by atoms with Crippen molar-refractivity contribution in [2.45, 2.75) is 39.3 Å². The van der Waals surface area contributed by atoms with E-state index in [0.29, 0.717) is 23.2 Å². The van der Waals surface area contributed by atoms with Gasteiger partial charge in [-0.3, -0.25) is 4.79 Å². The van der Waals surface area contributed by atoms with Crippen molar-refractivity contribution in [1.29, 1.82) is 0 Å². The van der Waals surface area contributed by atoms with Crippen LogP contribution < -0.4 is 10.1 Å². The molecule has 0 spiro atoms. The molecule has 0 saturated carbocycles. The predicted molar refractivity (Wildman–Crippen MR) is 102 cm³/mol. The smallest absolute Gasteiger partial charge is 0.303 e. The SMILES string of the molecule is CC(C)Nc1cccc(COc2c(Cl)cc(CCC(=O)O)cc2Cl)c1F. The van der Waals surface area contributed by atoms with Crippen molar-refractivity contribution < 1.29 is 19.0 Å². The molecule has 7 heteroatoms. The van der Waals surface area contributed by atoms with Gasteiger partial charge in [-0.25, -0.2) is 4.39 Å². The zero-order valence-corrected chi connectivity index (χ0v) is 16.0. The van der Waals surface area contributed by atoms with E-state index in [1.807, 2.05) is 13.8 Å². The first kappa shape index (κ1) is 20.3. The van der Waals surface area contributed by atoms with Crippen LogP contribution in [0.15, 0.2) is 30.3 Å². The zero-order chi connectivity index (χ0) is 19.3. The van der Waals surface area contributed by atoms with Crippen LogP contribution in [-0.4, -0.2) is 17.1 Å². The number of carboxylic acids is 1. The summed E-state index contributed by atoms with van der Waals surface area (Å²) in [5.74, 6) is -1.04. The molecule has 2 rings (SSSR count). The Balaban J connectivity index is 2.13. The lowest BCUT2D eigenvalue weighted by molar-refractivity contribution is -0.136. The number of rotatable bonds is 8. The van der Waals surface area contributed by atoms with Gasteiger partial charge in [0.05, 0.1) is 15.7 Å². The molecule has 0 aliphatic rings. The summed E-state index contributed by atoms with van der Waals surface area (Å²) in [6, 6.07) is 8.35. The lowest BCUT2D eigenvalue weighted by Crippen LogP contribution is -2.12. The number of hydrogen-bond donors (Lipinski definition) is 2. The van der Waals surface area contributed by atoms with Crippen LogP contribution >= 0.6 is 23.2 Å². The quantitative estimate of drug-likeness (QED) is 0.610. The van der Waals surface area contributed by atoms with Crippen molar-refractivity contribution in [2.24, 2.45) is 0 Å². The molecule has 0 aliphatic heterocycles. The molecule has 0 aromatic heterocycles. The van der Waals surface area contributed by atoms with Crippen molar-refractivity contribution in [3.63, 3.8) is 0 Å². The van der Waals surface area contributed by atoms with E-state index in [1.165, 1.54) is 0 Å². The second-order valence-electron chi connectivity index (χ2n) is 6.15. The molecule has 0 atom stereocenters. The van der Waals surface area contributed by atoms with E-state index in [-0.39, 0.29) is 40.7 Å². The molecule has 0 aliphatic carbocycles. The summed E-state index contributed by atoms with van der Waals surface area (Å²) < 4.78 is 20.1. The normalized spacial score (nSPS) is 10.8. The van der Waals surface area contributed by atoms with Crippen LogP contribution in [0.5, 0.6) is 5.75 Å². The first-order valence-electron chi connectivity index (χ1n) is 8.14. The highest BCUT2D eigenvalue weighted by Gasteiger charge is 2.14. The van der Waals surface area contributed by atoms with Crippen LogP contribution in [0.25, 0.3) is 0 Å². The fourth-order valence-electron chi connectivity index (χ4n) is 2.41. The van der Waals surface area contributed by atoms with Crippen LogP contribution in [-0.2, 0) is 17.8 Å². The van der Waals surface area contributed by atoms with Gasteiger partial charge in [-0.15, -0.1) is 0 Å². The number of ether oxygens (including phenoxy) is 1. The Hall–Kier alpha value is -1.98. The minimum atomic E-state index is -0.900. The third kappa shape index (κ3) is 5.51. The molecule has 2 aromatic carbocycles. The zero-order valence-electron chi connectivity index (χ0n) is 14.5. The molecule has 0 radical (unpaired) electrons. The summed E-state index contributed by atoms with van der Waals surface area (Å²) in [7, 11) is 0. The molecule has 0 amide bonds. The summed E-state index contributed by atoms with van der Waals surface area (Å²) >= 11 is 12.4. The second-order valence-corrected chi connectivity index (χ2v) is 6.96. The van der Waals surface area contributed by atoms with E-state index in [9.17, 15) is 9.18 Å². The van der Waals surface area contributed by atoms with Gasteiger partial charge in [0, 0.05) is 18.0 Å². The topological polar surface area (TPSA) is 58.6 Å². The summed E-state index contributed by atoms with van der Waals surface area (Å²) in [6.07, 6.45) is 0.292. The molecule has 4 nitrogen and oxygen atoms in total. The monoisotopic (exact) mass is 399 g/mol. The van der Waals surface area contributed by atoms with Gasteiger partial charge in [0.1, 0.15) is 6.61 Å². The maximum atomic E-state index is 14.5. The lowest BCUT2D eigenvalue weighted by Gasteiger charge is -2.15. The van der Waals surface area contributed by atoms with Gasteiger partial charge in [0.25, 0.3) is 0 Å². The van der Waals surface area contributed by atoms with E-state index in [2.05, 4.69) is 5.32 Å². The third-order valence-corrected chi connectivity index (χ3v) is 4.14. The Morgan fingerprint density at radius 3 is 2.50 bits per heavy atom. The summed E-state index contributed by atoms with van der Waals surface area (Å²) in [5, 5.41) is 12.3. The van der Waals surface area contributed by atoms with Gasteiger partial charge < -0.3 is 15.2 Å². The van der Waals surface area contributed by atoms with Crippen LogP contribution in [0.3, 0.4) is 0 Å². The van der Waals surface area contributed by atoms with Crippen LogP contribution in [0, 0.1) is 5.82 Å². The number of benzene rings is 2. The minimum Gasteiger partial charge on any atom is -0.486 e. The van der Waals surface area contributed by atoms with Gasteiger partial charge in [-0.2, -0.15) is 0 Å². The number of aryl methyl sites for hydroxylation is 1. The maximum absolute atomic E-state index is 14.5. The number of halogens is 3. The summed E-state index contributed by atoms with van der Waals surface area (Å²) in [5.41, 5.74) is 1.48. The Morgan fingerprint density at radius 2 is 1.92 bits per heavy atom. The van der Waals surface area contributed by atoms with Crippen molar-refractivity contribution >= 4 is 34.9 Å². The Kier molecular flexibility index (Phi) is 7.12. The first-order chi connectivity index (χ1) is 12.3. The molecule has 0 fully saturated rings. The van der Waals surface area contributed by atoms with Crippen molar-refractivity contribution in [2.75, 3.05) is 5.32 Å². The van der Waals surface area contributed by atoms with Gasteiger partial charge in [-0.05, 0) is 44.0 Å². The molecule has 140 valence electrons. The predicted octanol–water partition coefficient (Wildman–Crippen LogP) is 5.55. The summed E-state index contributed by atoms with van der Waals surface area (Å²) in [6.45, 7) is 3.81. The maximum Gasteiger partial charge on any atom is 0.303 e. The Morgan fingerprint density at radius 1 is 1.27 bits per heavy atom. The third-order valence-electron chi connectivity index (χ3n) is 3.58. The van der Waals surface area contributed by atoms with Crippen molar-refractivity contribution in [3.05, 3.63) is 57.3 Å². The highest BCUT2D eigenvalue weighted by molar-refractivity contribution is 6.37. The van der Waals surface area contributed by atoms with Crippen LogP contribution in [0.2, 0.25) is 10.0 Å². The summed E-state index contributed by atoms with van der Waals surface area (Å²) in [4.78, 5) is 10.7. The molecule has 0 bridgehead atoms. The van der Waals surface area contributed by atoms with E-state index in [1.54, 1.807) is 30.3 Å². The number of anilines is 1. The van der Waals surface area contributed by atoms with Crippen LogP contribution in [0.4, 0.5) is 10.1 Å². The standard InChI is InChI=1S/C19H20Cl2FNO3/c1-11(2)23-16-5-3-4-13(18(16)22)10-26-19-14(20)8-12(9-15(19)21)6-7-17(24)25/h3-5,8-9,11,23H,6-7,10H2,1-2H3,(H,24,25). The molecular weight excluding hydrogens is 380 g/mol. The van der Waals surface area contributed by atoms with E-state index in [0.717, 1.165) is 0 Å². The Bertz CT molecular complexity index is 773. The molecule has 0 saturated heterocycles. The average molecular weight is 400 g/mol. The average Bonchev–Trinajstić information content (AvgIpc) is 2.55. The van der Waals surface area contributed by atoms with Crippen molar-refractivity contribution in [3.8, 4) is 5.75 Å². The lowest BCUT2D eigenvalue weighted by atomic mass is 10.1. The number of carbonyl (C=O) groups is 1. The van der Waals surface area contributed by atoms with E-state index in [4.69, 9.17) is 33.0 Å². The highest BCUT2D eigenvalue weighted by Crippen LogP contribution is 2.35.